The third-order valence-electron chi connectivity index (χ3n) is 5.90. The number of rotatable bonds is 7. The molecule has 0 atom stereocenters. The van der Waals surface area contributed by atoms with Crippen molar-refractivity contribution in [2.45, 2.75) is 0 Å². The second-order valence-corrected chi connectivity index (χ2v) is 8.49. The van der Waals surface area contributed by atoms with Gasteiger partial charge < -0.3 is 20.8 Å². The minimum atomic E-state index is -1.32. The van der Waals surface area contributed by atoms with E-state index in [1.54, 1.807) is 48.5 Å². The van der Waals surface area contributed by atoms with Gasteiger partial charge in [-0.2, -0.15) is 0 Å². The lowest BCUT2D eigenvalue weighted by atomic mass is 9.95. The molecule has 0 spiro atoms. The second kappa shape index (κ2) is 11.5. The van der Waals surface area contributed by atoms with E-state index < -0.39 is 23.8 Å². The summed E-state index contributed by atoms with van der Waals surface area (Å²) in [7, 11) is 0. The van der Waals surface area contributed by atoms with Crippen LogP contribution in [0.3, 0.4) is 0 Å². The van der Waals surface area contributed by atoms with Crippen molar-refractivity contribution < 1.29 is 29.4 Å². The fourth-order valence-corrected chi connectivity index (χ4v) is 3.97. The maximum Gasteiger partial charge on any atom is 0.336 e. The van der Waals surface area contributed by atoms with Gasteiger partial charge in [0.25, 0.3) is 11.8 Å². The molecule has 40 heavy (non-hydrogen) atoms. The number of nitrogens with one attached hydrogen (secondary N) is 2. The molecule has 8 heteroatoms. The summed E-state index contributed by atoms with van der Waals surface area (Å²) in [5, 5.41) is 24.6. The molecule has 4 N–H and O–H groups in total. The molecule has 4 aromatic carbocycles. The van der Waals surface area contributed by atoms with Gasteiger partial charge in [0.05, 0.1) is 22.3 Å². The van der Waals surface area contributed by atoms with Gasteiger partial charge in [-0.15, -0.1) is 12.8 Å². The second-order valence-electron chi connectivity index (χ2n) is 8.49. The van der Waals surface area contributed by atoms with E-state index in [2.05, 4.69) is 22.5 Å². The molecule has 4 aromatic rings. The molecule has 4 rings (SSSR count). The molecule has 0 aliphatic heterocycles. The van der Waals surface area contributed by atoms with Gasteiger partial charge in [0.15, 0.2) is 0 Å². The normalized spacial score (nSPS) is 10.1. The van der Waals surface area contributed by atoms with Crippen LogP contribution >= 0.6 is 0 Å². The Morgan fingerprint density at radius 3 is 1.30 bits per heavy atom. The quantitative estimate of drug-likeness (QED) is 0.243. The summed E-state index contributed by atoms with van der Waals surface area (Å²) >= 11 is 0. The highest BCUT2D eigenvalue weighted by Crippen LogP contribution is 2.27. The number of terminal acetylenes is 2. The molecule has 0 aliphatic carbocycles. The van der Waals surface area contributed by atoms with Gasteiger partial charge >= 0.3 is 11.9 Å². The zero-order chi connectivity index (χ0) is 28.8. The predicted molar refractivity (Wildman–Crippen MR) is 150 cm³/mol. The van der Waals surface area contributed by atoms with E-state index in [-0.39, 0.29) is 22.3 Å². The van der Waals surface area contributed by atoms with Crippen LogP contribution in [0.1, 0.15) is 52.6 Å². The molecular weight excluding hydrogens is 508 g/mol. The third kappa shape index (κ3) is 5.88. The number of carboxylic acid groups (broad SMARTS) is 2. The number of amides is 2. The van der Waals surface area contributed by atoms with Gasteiger partial charge in [-0.05, 0) is 71.8 Å². The lowest BCUT2D eigenvalue weighted by Crippen LogP contribution is -2.17. The van der Waals surface area contributed by atoms with Gasteiger partial charge in [-0.1, -0.05) is 36.1 Å². The van der Waals surface area contributed by atoms with Crippen molar-refractivity contribution in [3.05, 3.63) is 118 Å². The lowest BCUT2D eigenvalue weighted by molar-refractivity contribution is 0.0683. The first-order valence-electron chi connectivity index (χ1n) is 11.7. The monoisotopic (exact) mass is 528 g/mol. The van der Waals surface area contributed by atoms with E-state index in [1.165, 1.54) is 36.4 Å². The highest BCUT2D eigenvalue weighted by atomic mass is 16.4. The Balaban J connectivity index is 1.73. The standard InChI is InChI=1S/C32H20N2O6/c1-3-19-7-5-9-23(15-19)33-29(35)27-17-21(11-13-25(27)31(37)38)22-12-14-26(32(39)40)28(18-22)30(36)34-24-10-6-8-20(4-2)16-24/h1-2,5-18H,(H,33,35)(H,34,36)(H,37,38)(H,39,40). The molecule has 8 nitrogen and oxygen atoms in total. The number of benzene rings is 4. The van der Waals surface area contributed by atoms with Crippen LogP contribution in [0.15, 0.2) is 84.9 Å². The Morgan fingerprint density at radius 1 is 0.550 bits per heavy atom. The van der Waals surface area contributed by atoms with Crippen molar-refractivity contribution in [1.82, 2.24) is 0 Å². The average molecular weight is 529 g/mol. The van der Waals surface area contributed by atoms with Crippen LogP contribution in [0.5, 0.6) is 0 Å². The predicted octanol–water partition coefficient (Wildman–Crippen LogP) is 5.22. The number of carbonyl (C=O) groups is 4. The van der Waals surface area contributed by atoms with E-state index in [0.717, 1.165) is 0 Å². The van der Waals surface area contributed by atoms with Crippen molar-refractivity contribution in [2.75, 3.05) is 10.6 Å². The first kappa shape index (κ1) is 26.9. The molecule has 0 aliphatic rings. The summed E-state index contributed by atoms with van der Waals surface area (Å²) < 4.78 is 0. The summed E-state index contributed by atoms with van der Waals surface area (Å²) in [6.07, 6.45) is 10.8. The number of carboxylic acids is 2. The average Bonchev–Trinajstić information content (AvgIpc) is 2.96. The Morgan fingerprint density at radius 2 is 0.950 bits per heavy atom. The fourth-order valence-electron chi connectivity index (χ4n) is 3.97. The largest absolute Gasteiger partial charge is 0.478 e. The zero-order valence-electron chi connectivity index (χ0n) is 20.8. The number of aromatic carboxylic acids is 2. The van der Waals surface area contributed by atoms with E-state index in [4.69, 9.17) is 12.8 Å². The van der Waals surface area contributed by atoms with Crippen molar-refractivity contribution in [3.8, 4) is 35.8 Å². The Hall–Kier alpha value is -6.12. The van der Waals surface area contributed by atoms with E-state index >= 15 is 0 Å². The van der Waals surface area contributed by atoms with Crippen molar-refractivity contribution in [1.29, 1.82) is 0 Å². The van der Waals surface area contributed by atoms with Crippen molar-refractivity contribution >= 4 is 35.1 Å². The smallest absolute Gasteiger partial charge is 0.336 e. The Labute approximate surface area is 229 Å². The van der Waals surface area contributed by atoms with Crippen LogP contribution in [0.25, 0.3) is 11.1 Å². The summed E-state index contributed by atoms with van der Waals surface area (Å²) in [5.74, 6) is 0.904. The summed E-state index contributed by atoms with van der Waals surface area (Å²) in [6.45, 7) is 0. The van der Waals surface area contributed by atoms with Gasteiger partial charge in [0.2, 0.25) is 0 Å². The van der Waals surface area contributed by atoms with Crippen LogP contribution in [-0.4, -0.2) is 34.0 Å². The number of anilines is 2. The van der Waals surface area contributed by atoms with Gasteiger partial charge in [-0.3, -0.25) is 9.59 Å². The van der Waals surface area contributed by atoms with E-state index in [1.807, 2.05) is 0 Å². The zero-order valence-corrected chi connectivity index (χ0v) is 20.8. The van der Waals surface area contributed by atoms with Crippen LogP contribution < -0.4 is 10.6 Å². The molecule has 2 amide bonds. The molecule has 0 unspecified atom stereocenters. The molecule has 0 heterocycles. The molecule has 0 radical (unpaired) electrons. The van der Waals surface area contributed by atoms with E-state index in [0.29, 0.717) is 33.6 Å². The first-order chi connectivity index (χ1) is 19.2. The molecule has 0 fully saturated rings. The topological polar surface area (TPSA) is 133 Å². The highest BCUT2D eigenvalue weighted by molar-refractivity contribution is 6.13. The number of hydrogen-bond donors (Lipinski definition) is 4. The Kier molecular flexibility index (Phi) is 7.75. The van der Waals surface area contributed by atoms with E-state index in [9.17, 15) is 29.4 Å². The molecular formula is C32H20N2O6. The van der Waals surface area contributed by atoms with Crippen LogP contribution in [0, 0.1) is 24.7 Å². The van der Waals surface area contributed by atoms with Crippen LogP contribution in [0.4, 0.5) is 11.4 Å². The van der Waals surface area contributed by atoms with Crippen LogP contribution in [0.2, 0.25) is 0 Å². The minimum Gasteiger partial charge on any atom is -0.478 e. The first-order valence-corrected chi connectivity index (χ1v) is 11.7. The maximum atomic E-state index is 13.1. The SMILES string of the molecule is C#Cc1cccc(NC(=O)c2cc(-c3ccc(C(=O)O)c(C(=O)Nc4cccc(C#C)c4)c3)ccc2C(=O)O)c1. The van der Waals surface area contributed by atoms with Crippen molar-refractivity contribution in [2.24, 2.45) is 0 Å². The lowest BCUT2D eigenvalue weighted by Gasteiger charge is -2.13. The third-order valence-corrected chi connectivity index (χ3v) is 5.90. The number of hydrogen-bond acceptors (Lipinski definition) is 4. The van der Waals surface area contributed by atoms with Crippen molar-refractivity contribution in [3.63, 3.8) is 0 Å². The minimum absolute atomic E-state index is 0.143. The molecule has 0 saturated heterocycles. The molecule has 0 saturated carbocycles. The summed E-state index contributed by atoms with van der Waals surface area (Å²) in [5.41, 5.74) is 1.79. The fraction of sp³-hybridized carbons (Fsp3) is 0. The Bertz CT molecular complexity index is 1640. The molecule has 194 valence electrons. The summed E-state index contributed by atoms with van der Waals surface area (Å²) in [4.78, 5) is 50.0. The number of carbonyl (C=O) groups excluding carboxylic acids is 2. The maximum absolute atomic E-state index is 13.1. The van der Waals surface area contributed by atoms with Crippen LogP contribution in [-0.2, 0) is 0 Å². The highest BCUT2D eigenvalue weighted by Gasteiger charge is 2.21. The molecule has 0 bridgehead atoms. The molecule has 0 aromatic heterocycles. The van der Waals surface area contributed by atoms with Gasteiger partial charge in [-0.25, -0.2) is 9.59 Å². The van der Waals surface area contributed by atoms with Gasteiger partial charge in [0.1, 0.15) is 0 Å². The van der Waals surface area contributed by atoms with Gasteiger partial charge in [0, 0.05) is 22.5 Å². The summed E-state index contributed by atoms with van der Waals surface area (Å²) in [6, 6.07) is 21.2.